The molecule has 0 aliphatic carbocycles. The van der Waals surface area contributed by atoms with Crippen LogP contribution in [0, 0.1) is 12.3 Å². The number of para-hydroxylation sites is 2. The number of hydrogen-bond acceptors (Lipinski definition) is 5. The van der Waals surface area contributed by atoms with Crippen LogP contribution in [0.1, 0.15) is 12.5 Å². The minimum atomic E-state index is -0.146. The summed E-state index contributed by atoms with van der Waals surface area (Å²) in [5.41, 5.74) is 2.32. The van der Waals surface area contributed by atoms with Gasteiger partial charge in [-0.25, -0.2) is 4.99 Å². The first-order chi connectivity index (χ1) is 16.6. The van der Waals surface area contributed by atoms with Crippen LogP contribution in [0.5, 0.6) is 11.5 Å². The monoisotopic (exact) mass is 532 g/mol. The van der Waals surface area contributed by atoms with Gasteiger partial charge in [-0.1, -0.05) is 42.3 Å². The van der Waals surface area contributed by atoms with Crippen molar-refractivity contribution < 1.29 is 14.3 Å². The van der Waals surface area contributed by atoms with Crippen LogP contribution < -0.4 is 14.4 Å². The van der Waals surface area contributed by atoms with E-state index in [1.54, 1.807) is 4.90 Å². The summed E-state index contributed by atoms with van der Waals surface area (Å²) in [7, 11) is 0. The summed E-state index contributed by atoms with van der Waals surface area (Å²) in [6.07, 6.45) is 7.17. The van der Waals surface area contributed by atoms with Crippen LogP contribution in [0.3, 0.4) is 0 Å². The molecule has 0 bridgehead atoms. The molecule has 1 heterocycles. The fourth-order valence-electron chi connectivity index (χ4n) is 3.31. The number of rotatable bonds is 7. The van der Waals surface area contributed by atoms with Gasteiger partial charge in [0, 0.05) is 0 Å². The van der Waals surface area contributed by atoms with Crippen LogP contribution in [0.4, 0.5) is 11.4 Å². The molecule has 34 heavy (non-hydrogen) atoms. The SMILES string of the molecule is C#CCOc1c(Br)cc(/C=C2/SC(=Nc3ccccc3)N(c3ccccc3)C2=O)cc1OCC. The van der Waals surface area contributed by atoms with Gasteiger partial charge in [-0.2, -0.15) is 0 Å². The summed E-state index contributed by atoms with van der Waals surface area (Å²) in [6.45, 7) is 2.48. The third kappa shape index (κ3) is 5.36. The van der Waals surface area contributed by atoms with E-state index in [-0.39, 0.29) is 12.5 Å². The molecule has 0 radical (unpaired) electrons. The normalized spacial score (nSPS) is 15.6. The minimum Gasteiger partial charge on any atom is -0.490 e. The number of terminal acetylenes is 1. The van der Waals surface area contributed by atoms with E-state index in [0.717, 1.165) is 16.9 Å². The molecular formula is C27H21BrN2O3S. The number of hydrogen-bond donors (Lipinski definition) is 0. The van der Waals surface area contributed by atoms with Gasteiger partial charge in [-0.05, 0) is 82.7 Å². The Hall–Kier alpha value is -3.47. The molecule has 3 aromatic carbocycles. The summed E-state index contributed by atoms with van der Waals surface area (Å²) >= 11 is 4.87. The highest BCUT2D eigenvalue weighted by Gasteiger charge is 2.34. The van der Waals surface area contributed by atoms with Crippen molar-refractivity contribution in [2.75, 3.05) is 18.1 Å². The minimum absolute atomic E-state index is 0.124. The van der Waals surface area contributed by atoms with Crippen molar-refractivity contribution in [1.29, 1.82) is 0 Å². The summed E-state index contributed by atoms with van der Waals surface area (Å²) < 4.78 is 12.1. The average Bonchev–Trinajstić information content (AvgIpc) is 3.14. The van der Waals surface area contributed by atoms with Crippen molar-refractivity contribution in [2.45, 2.75) is 6.92 Å². The van der Waals surface area contributed by atoms with E-state index in [1.807, 2.05) is 85.8 Å². The third-order valence-corrected chi connectivity index (χ3v) is 6.29. The summed E-state index contributed by atoms with van der Waals surface area (Å²) in [6, 6.07) is 22.8. The Kier molecular flexibility index (Phi) is 7.73. The maximum atomic E-state index is 13.5. The van der Waals surface area contributed by atoms with Gasteiger partial charge >= 0.3 is 0 Å². The highest BCUT2D eigenvalue weighted by atomic mass is 79.9. The van der Waals surface area contributed by atoms with Crippen LogP contribution in [0.25, 0.3) is 6.08 Å². The zero-order valence-electron chi connectivity index (χ0n) is 18.4. The summed E-state index contributed by atoms with van der Waals surface area (Å²) in [5.74, 6) is 3.39. The Morgan fingerprint density at radius 1 is 1.09 bits per heavy atom. The van der Waals surface area contributed by atoms with Gasteiger partial charge < -0.3 is 9.47 Å². The van der Waals surface area contributed by atoms with Crippen molar-refractivity contribution in [2.24, 2.45) is 4.99 Å². The number of nitrogens with zero attached hydrogens (tertiary/aromatic N) is 2. The van der Waals surface area contributed by atoms with E-state index >= 15 is 0 Å². The quantitative estimate of drug-likeness (QED) is 0.252. The molecule has 5 nitrogen and oxygen atoms in total. The molecule has 1 fully saturated rings. The van der Waals surface area contributed by atoms with Gasteiger partial charge in [0.15, 0.2) is 16.7 Å². The molecule has 0 atom stereocenters. The molecule has 4 rings (SSSR count). The average molecular weight is 533 g/mol. The van der Waals surface area contributed by atoms with E-state index in [1.165, 1.54) is 11.8 Å². The molecule has 1 amide bonds. The number of amides is 1. The van der Waals surface area contributed by atoms with E-state index in [2.05, 4.69) is 21.9 Å². The lowest BCUT2D eigenvalue weighted by Gasteiger charge is -2.15. The van der Waals surface area contributed by atoms with Gasteiger partial charge in [-0.3, -0.25) is 9.69 Å². The number of carbonyl (C=O) groups excluding carboxylic acids is 1. The zero-order valence-corrected chi connectivity index (χ0v) is 20.8. The predicted molar refractivity (Wildman–Crippen MR) is 143 cm³/mol. The maximum Gasteiger partial charge on any atom is 0.271 e. The number of aliphatic imine (C=N–C) groups is 1. The molecule has 0 aromatic heterocycles. The molecule has 0 spiro atoms. The maximum absolute atomic E-state index is 13.5. The lowest BCUT2D eigenvalue weighted by Crippen LogP contribution is -2.28. The first-order valence-corrected chi connectivity index (χ1v) is 12.2. The highest BCUT2D eigenvalue weighted by molar-refractivity contribution is 9.10. The Balaban J connectivity index is 1.74. The largest absolute Gasteiger partial charge is 0.490 e. The second kappa shape index (κ2) is 11.1. The van der Waals surface area contributed by atoms with Crippen molar-refractivity contribution in [3.63, 3.8) is 0 Å². The first-order valence-electron chi connectivity index (χ1n) is 10.6. The number of carbonyl (C=O) groups is 1. The van der Waals surface area contributed by atoms with Crippen molar-refractivity contribution in [3.05, 3.63) is 87.7 Å². The van der Waals surface area contributed by atoms with Gasteiger partial charge in [0.2, 0.25) is 0 Å². The van der Waals surface area contributed by atoms with Crippen molar-refractivity contribution in [3.8, 4) is 23.8 Å². The summed E-state index contributed by atoms with van der Waals surface area (Å²) in [5, 5.41) is 0.590. The van der Waals surface area contributed by atoms with Crippen molar-refractivity contribution >= 4 is 56.2 Å². The van der Waals surface area contributed by atoms with Crippen LogP contribution in [0.2, 0.25) is 0 Å². The lowest BCUT2D eigenvalue weighted by molar-refractivity contribution is -0.113. The van der Waals surface area contributed by atoms with Crippen LogP contribution in [-0.4, -0.2) is 24.3 Å². The Morgan fingerprint density at radius 3 is 2.47 bits per heavy atom. The van der Waals surface area contributed by atoms with Crippen LogP contribution >= 0.6 is 27.7 Å². The fraction of sp³-hybridized carbons (Fsp3) is 0.111. The van der Waals surface area contributed by atoms with E-state index in [0.29, 0.717) is 32.7 Å². The van der Waals surface area contributed by atoms with Gasteiger partial charge in [0.25, 0.3) is 5.91 Å². The zero-order chi connectivity index (χ0) is 23.9. The predicted octanol–water partition coefficient (Wildman–Crippen LogP) is 6.67. The number of anilines is 1. The van der Waals surface area contributed by atoms with Gasteiger partial charge in [0.1, 0.15) is 6.61 Å². The van der Waals surface area contributed by atoms with Crippen LogP contribution in [0.15, 0.2) is 87.2 Å². The number of amidine groups is 1. The molecule has 0 saturated carbocycles. The molecule has 1 aliphatic rings. The van der Waals surface area contributed by atoms with Gasteiger partial charge in [0.05, 0.1) is 27.4 Å². The molecule has 3 aromatic rings. The molecular weight excluding hydrogens is 512 g/mol. The van der Waals surface area contributed by atoms with E-state index in [4.69, 9.17) is 20.9 Å². The van der Waals surface area contributed by atoms with Crippen molar-refractivity contribution in [1.82, 2.24) is 0 Å². The highest BCUT2D eigenvalue weighted by Crippen LogP contribution is 2.40. The smallest absolute Gasteiger partial charge is 0.271 e. The molecule has 7 heteroatoms. The Labute approximate surface area is 211 Å². The number of halogens is 1. The van der Waals surface area contributed by atoms with E-state index < -0.39 is 0 Å². The van der Waals surface area contributed by atoms with E-state index in [9.17, 15) is 4.79 Å². The standard InChI is InChI=1S/C27H21BrN2O3S/c1-3-15-33-25-22(28)16-19(17-23(25)32-4-2)18-24-26(31)30(21-13-9-6-10-14-21)27(34-24)29-20-11-7-5-8-12-20/h1,5-14,16-18H,4,15H2,2H3/b24-18+,29-27?. The molecule has 1 saturated heterocycles. The molecule has 0 unspecified atom stereocenters. The van der Waals surface area contributed by atoms with Gasteiger partial charge in [-0.15, -0.1) is 6.42 Å². The molecule has 1 aliphatic heterocycles. The second-order valence-corrected chi connectivity index (χ2v) is 8.94. The van der Waals surface area contributed by atoms with Crippen LogP contribution in [-0.2, 0) is 4.79 Å². The molecule has 170 valence electrons. The lowest BCUT2D eigenvalue weighted by atomic mass is 10.1. The third-order valence-electron chi connectivity index (χ3n) is 4.73. The topological polar surface area (TPSA) is 51.1 Å². The first kappa shape index (κ1) is 23.7. The molecule has 0 N–H and O–H groups in total. The number of thioether (sulfide) groups is 1. The number of benzene rings is 3. The Morgan fingerprint density at radius 2 is 1.79 bits per heavy atom. The fourth-order valence-corrected chi connectivity index (χ4v) is 4.88. The summed E-state index contributed by atoms with van der Waals surface area (Å²) in [4.78, 5) is 20.4. The Bertz CT molecular complexity index is 1280. The second-order valence-electron chi connectivity index (χ2n) is 7.07. The number of ether oxygens (including phenoxy) is 2.